The normalized spacial score (nSPS) is 12.8. The van der Waals surface area contributed by atoms with Gasteiger partial charge in [0.05, 0.1) is 29.5 Å². The molecule has 0 fully saturated rings. The molecule has 0 aliphatic carbocycles. The Balaban J connectivity index is 2.31. The van der Waals surface area contributed by atoms with Crippen LogP contribution in [-0.4, -0.2) is 29.5 Å². The van der Waals surface area contributed by atoms with E-state index in [4.69, 9.17) is 5.73 Å². The Hall–Kier alpha value is -3.42. The topological polar surface area (TPSA) is 120 Å². The number of amides is 2. The van der Waals surface area contributed by atoms with E-state index in [9.17, 15) is 19.2 Å². The first-order chi connectivity index (χ1) is 11.3. The largest absolute Gasteiger partial charge is 0.465 e. The number of rotatable bonds is 2. The van der Waals surface area contributed by atoms with Gasteiger partial charge in [0.1, 0.15) is 5.82 Å². The second-order valence-electron chi connectivity index (χ2n) is 5.27. The van der Waals surface area contributed by atoms with Crippen LogP contribution in [0.4, 0.5) is 5.82 Å². The van der Waals surface area contributed by atoms with Crippen molar-refractivity contribution < 1.29 is 19.1 Å². The number of nitrogens with zero attached hydrogens (tertiary/aromatic N) is 1. The number of nitrogens with one attached hydrogen (secondary N) is 1. The Morgan fingerprint density at radius 3 is 2.54 bits per heavy atom. The number of hydrogen-bond acceptors (Lipinski definition) is 6. The molecule has 0 saturated carbocycles. The summed E-state index contributed by atoms with van der Waals surface area (Å²) < 4.78 is 5.76. The van der Waals surface area contributed by atoms with E-state index in [0.29, 0.717) is 11.3 Å². The highest BCUT2D eigenvalue weighted by Crippen LogP contribution is 2.25. The highest BCUT2D eigenvalue weighted by Gasteiger charge is 2.32. The zero-order valence-corrected chi connectivity index (χ0v) is 12.9. The third kappa shape index (κ3) is 2.16. The van der Waals surface area contributed by atoms with Gasteiger partial charge in [0.15, 0.2) is 0 Å². The number of carbonyl (C=O) groups excluding carboxylic acids is 3. The van der Waals surface area contributed by atoms with Crippen molar-refractivity contribution in [1.82, 2.24) is 9.88 Å². The van der Waals surface area contributed by atoms with Gasteiger partial charge in [0, 0.05) is 6.07 Å². The molecule has 1 aromatic carbocycles. The summed E-state index contributed by atoms with van der Waals surface area (Å²) in [6.45, 7) is 1.72. The molecular weight excluding hydrogens is 314 g/mol. The van der Waals surface area contributed by atoms with Gasteiger partial charge in [-0.2, -0.15) is 0 Å². The Morgan fingerprint density at radius 1 is 1.17 bits per heavy atom. The first kappa shape index (κ1) is 15.5. The number of anilines is 1. The maximum Gasteiger partial charge on any atom is 0.337 e. The molecule has 2 aromatic rings. The lowest BCUT2D eigenvalue weighted by Crippen LogP contribution is -2.25. The zero-order chi connectivity index (χ0) is 17.6. The number of benzene rings is 1. The monoisotopic (exact) mass is 327 g/mol. The zero-order valence-electron chi connectivity index (χ0n) is 12.9. The van der Waals surface area contributed by atoms with Crippen LogP contribution in [0.3, 0.4) is 0 Å². The van der Waals surface area contributed by atoms with Crippen LogP contribution in [0.5, 0.6) is 0 Å². The summed E-state index contributed by atoms with van der Waals surface area (Å²) in [5.41, 5.74) is 6.50. The molecule has 8 nitrogen and oxygen atoms in total. The quantitative estimate of drug-likeness (QED) is 0.608. The lowest BCUT2D eigenvalue weighted by atomic mass is 10.1. The number of aryl methyl sites for hydroxylation is 1. The molecule has 1 aliphatic heterocycles. The number of aromatic nitrogens is 1. The van der Waals surface area contributed by atoms with Crippen molar-refractivity contribution in [2.75, 3.05) is 12.8 Å². The van der Waals surface area contributed by atoms with E-state index in [0.717, 1.165) is 10.6 Å². The molecule has 24 heavy (non-hydrogen) atoms. The van der Waals surface area contributed by atoms with Crippen LogP contribution in [0, 0.1) is 6.92 Å². The number of nitrogen functional groups attached to an aromatic ring is 1. The number of esters is 1. The fraction of sp³-hybridized carbons (Fsp3) is 0.125. The van der Waals surface area contributed by atoms with Crippen molar-refractivity contribution >= 4 is 23.6 Å². The van der Waals surface area contributed by atoms with Gasteiger partial charge in [-0.3, -0.25) is 24.3 Å². The Bertz CT molecular complexity index is 974. The second-order valence-corrected chi connectivity index (χ2v) is 5.27. The summed E-state index contributed by atoms with van der Waals surface area (Å²) in [6.07, 6.45) is 0. The highest BCUT2D eigenvalue weighted by molar-refractivity contribution is 6.23. The molecule has 1 aliphatic rings. The van der Waals surface area contributed by atoms with Crippen LogP contribution in [0.2, 0.25) is 0 Å². The predicted molar refractivity (Wildman–Crippen MR) is 84.3 cm³/mol. The minimum atomic E-state index is -0.664. The summed E-state index contributed by atoms with van der Waals surface area (Å²) >= 11 is 0. The third-order valence-electron chi connectivity index (χ3n) is 3.82. The van der Waals surface area contributed by atoms with Crippen LogP contribution < -0.4 is 16.6 Å². The maximum atomic E-state index is 12.4. The van der Waals surface area contributed by atoms with Crippen LogP contribution in [0.1, 0.15) is 36.6 Å². The summed E-state index contributed by atoms with van der Waals surface area (Å²) in [7, 11) is 1.24. The minimum absolute atomic E-state index is 0.0533. The predicted octanol–water partition coefficient (Wildman–Crippen LogP) is 0.398. The van der Waals surface area contributed by atoms with E-state index in [1.54, 1.807) is 19.1 Å². The molecule has 3 rings (SSSR count). The van der Waals surface area contributed by atoms with Crippen molar-refractivity contribution in [1.29, 1.82) is 0 Å². The molecule has 8 heteroatoms. The minimum Gasteiger partial charge on any atom is -0.465 e. The molecule has 0 radical (unpaired) electrons. The summed E-state index contributed by atoms with van der Waals surface area (Å²) in [5, 5.41) is 2.10. The first-order valence-corrected chi connectivity index (χ1v) is 6.95. The SMILES string of the molecule is COC(=O)c1ccc(C)c(-n2c(N)c3c(cc2=O)C(=O)NC3=O)c1. The molecule has 1 aromatic heterocycles. The highest BCUT2D eigenvalue weighted by atomic mass is 16.5. The number of nitrogens with two attached hydrogens (primary N) is 1. The fourth-order valence-corrected chi connectivity index (χ4v) is 2.62. The first-order valence-electron chi connectivity index (χ1n) is 6.95. The number of hydrogen-bond donors (Lipinski definition) is 2. The average molecular weight is 327 g/mol. The van der Waals surface area contributed by atoms with Crippen LogP contribution >= 0.6 is 0 Å². The van der Waals surface area contributed by atoms with Crippen molar-refractivity contribution in [2.45, 2.75) is 6.92 Å². The maximum absolute atomic E-state index is 12.4. The van der Waals surface area contributed by atoms with Crippen molar-refractivity contribution in [3.63, 3.8) is 0 Å². The Morgan fingerprint density at radius 2 is 1.88 bits per heavy atom. The summed E-state index contributed by atoms with van der Waals surface area (Å²) in [6, 6.07) is 5.68. The van der Waals surface area contributed by atoms with E-state index in [2.05, 4.69) is 10.1 Å². The van der Waals surface area contributed by atoms with Gasteiger partial charge in [0.25, 0.3) is 17.4 Å². The number of pyridine rings is 1. The number of fused-ring (bicyclic) bond motifs is 1. The van der Waals surface area contributed by atoms with Crippen molar-refractivity contribution in [2.24, 2.45) is 0 Å². The van der Waals surface area contributed by atoms with Gasteiger partial charge >= 0.3 is 5.97 Å². The van der Waals surface area contributed by atoms with E-state index in [1.165, 1.54) is 13.2 Å². The molecule has 2 amide bonds. The average Bonchev–Trinajstić information content (AvgIpc) is 2.82. The lowest BCUT2D eigenvalue weighted by molar-refractivity contribution is 0.0600. The molecule has 122 valence electrons. The molecule has 0 atom stereocenters. The number of ether oxygens (including phenoxy) is 1. The lowest BCUT2D eigenvalue weighted by Gasteiger charge is -2.15. The second kappa shape index (κ2) is 5.34. The van der Waals surface area contributed by atoms with E-state index in [-0.39, 0.29) is 22.5 Å². The number of carbonyl (C=O) groups is 3. The van der Waals surface area contributed by atoms with Gasteiger partial charge in [-0.05, 0) is 24.6 Å². The van der Waals surface area contributed by atoms with Crippen LogP contribution in [0.25, 0.3) is 5.69 Å². The Kier molecular flexibility index (Phi) is 3.44. The standard InChI is InChI=1S/C16H13N3O5/c1-7-3-4-8(16(23)24-2)5-10(7)19-11(20)6-9-12(13(19)17)15(22)18-14(9)21/h3-6H,17H2,1-2H3,(H,18,21,22). The van der Waals surface area contributed by atoms with E-state index < -0.39 is 23.3 Å². The smallest absolute Gasteiger partial charge is 0.337 e. The van der Waals surface area contributed by atoms with E-state index >= 15 is 0 Å². The van der Waals surface area contributed by atoms with Crippen LogP contribution in [0.15, 0.2) is 29.1 Å². The van der Waals surface area contributed by atoms with Crippen molar-refractivity contribution in [3.05, 3.63) is 56.9 Å². The Labute approximate surface area is 135 Å². The molecular formula is C16H13N3O5. The molecule has 0 spiro atoms. The fourth-order valence-electron chi connectivity index (χ4n) is 2.62. The molecule has 0 saturated heterocycles. The molecule has 0 unspecified atom stereocenters. The van der Waals surface area contributed by atoms with Gasteiger partial charge in [0.2, 0.25) is 0 Å². The number of imide groups is 1. The van der Waals surface area contributed by atoms with Gasteiger partial charge < -0.3 is 10.5 Å². The van der Waals surface area contributed by atoms with Gasteiger partial charge in [-0.25, -0.2) is 4.79 Å². The van der Waals surface area contributed by atoms with Crippen molar-refractivity contribution in [3.8, 4) is 5.69 Å². The van der Waals surface area contributed by atoms with Crippen LogP contribution in [-0.2, 0) is 4.74 Å². The molecule has 3 N–H and O–H groups in total. The van der Waals surface area contributed by atoms with Gasteiger partial charge in [-0.15, -0.1) is 0 Å². The van der Waals surface area contributed by atoms with Gasteiger partial charge in [-0.1, -0.05) is 6.07 Å². The van der Waals surface area contributed by atoms with E-state index in [1.807, 2.05) is 0 Å². The summed E-state index contributed by atoms with van der Waals surface area (Å²) in [4.78, 5) is 47.7. The third-order valence-corrected chi connectivity index (χ3v) is 3.82. The molecule has 2 heterocycles. The molecule has 0 bridgehead atoms. The number of methoxy groups -OCH3 is 1. The summed E-state index contributed by atoms with van der Waals surface area (Å²) in [5.74, 6) is -2.06.